The molecule has 0 radical (unpaired) electrons. The summed E-state index contributed by atoms with van der Waals surface area (Å²) in [6.07, 6.45) is 9.98. The highest BCUT2D eigenvalue weighted by Crippen LogP contribution is 2.41. The van der Waals surface area contributed by atoms with Crippen LogP contribution in [0.25, 0.3) is 0 Å². The zero-order valence-corrected chi connectivity index (χ0v) is 17.1. The van der Waals surface area contributed by atoms with E-state index in [0.717, 1.165) is 39.8 Å². The Bertz CT molecular complexity index is 704. The van der Waals surface area contributed by atoms with Gasteiger partial charge in [0.05, 0.1) is 6.54 Å². The van der Waals surface area contributed by atoms with E-state index in [0.29, 0.717) is 5.92 Å². The topological polar surface area (TPSA) is 12.4 Å². The van der Waals surface area contributed by atoms with Crippen LogP contribution >= 0.6 is 43.5 Å². The largest absolute Gasteiger partial charge is 0.285 e. The van der Waals surface area contributed by atoms with E-state index in [4.69, 9.17) is 16.6 Å². The first-order chi connectivity index (χ1) is 11.1. The Morgan fingerprint density at radius 2 is 2.09 bits per heavy atom. The second-order valence-corrected chi connectivity index (χ2v) is 8.35. The number of allylic oxidation sites excluding steroid dienone is 3. The fraction of sp³-hybridized carbons (Fsp3) is 0.421. The first-order valence-electron chi connectivity index (χ1n) is 8.19. The number of benzene rings is 1. The van der Waals surface area contributed by atoms with E-state index in [1.165, 1.54) is 35.3 Å². The average Bonchev–Trinajstić information content (AvgIpc) is 2.76. The lowest BCUT2D eigenvalue weighted by atomic mass is 9.85. The van der Waals surface area contributed by atoms with Crippen molar-refractivity contribution >= 4 is 49.2 Å². The molecule has 1 unspecified atom stereocenters. The van der Waals surface area contributed by atoms with Crippen LogP contribution in [0.4, 0.5) is 0 Å². The number of aliphatic imine (C=N–C) groups is 1. The third-order valence-electron chi connectivity index (χ3n) is 4.56. The summed E-state index contributed by atoms with van der Waals surface area (Å²) < 4.78 is 2.27. The SMILES string of the molecule is CCCCC1C2=NCC=C(Br)C=C2CCc2cc(Cl)cc(Br)c21. The van der Waals surface area contributed by atoms with Crippen LogP contribution < -0.4 is 0 Å². The zero-order valence-electron chi connectivity index (χ0n) is 13.2. The molecule has 122 valence electrons. The maximum Gasteiger partial charge on any atom is 0.0587 e. The normalized spacial score (nSPS) is 20.5. The lowest BCUT2D eigenvalue weighted by molar-refractivity contribution is 0.680. The molecule has 2 aliphatic rings. The minimum Gasteiger partial charge on any atom is -0.285 e. The van der Waals surface area contributed by atoms with Gasteiger partial charge in [0.1, 0.15) is 0 Å². The van der Waals surface area contributed by atoms with Gasteiger partial charge in [-0.1, -0.05) is 63.2 Å². The quantitative estimate of drug-likeness (QED) is 0.464. The molecule has 0 N–H and O–H groups in total. The van der Waals surface area contributed by atoms with Crippen LogP contribution in [0.2, 0.25) is 5.02 Å². The van der Waals surface area contributed by atoms with Crippen LogP contribution in [-0.2, 0) is 6.42 Å². The molecule has 3 rings (SSSR count). The van der Waals surface area contributed by atoms with Gasteiger partial charge in [0.2, 0.25) is 0 Å². The Hall–Kier alpha value is -0.380. The Kier molecular flexibility index (Phi) is 5.82. The number of fused-ring (bicyclic) bond motifs is 2. The summed E-state index contributed by atoms with van der Waals surface area (Å²) in [4.78, 5) is 4.94. The predicted molar refractivity (Wildman–Crippen MR) is 107 cm³/mol. The van der Waals surface area contributed by atoms with E-state index in [1.54, 1.807) is 0 Å². The van der Waals surface area contributed by atoms with Gasteiger partial charge in [-0.05, 0) is 60.2 Å². The lowest BCUT2D eigenvalue weighted by Gasteiger charge is -2.22. The number of rotatable bonds is 3. The number of hydrogen-bond donors (Lipinski definition) is 0. The Morgan fingerprint density at radius 3 is 2.87 bits per heavy atom. The van der Waals surface area contributed by atoms with Crippen molar-refractivity contribution in [3.8, 4) is 0 Å². The molecule has 0 spiro atoms. The van der Waals surface area contributed by atoms with Crippen LogP contribution in [0.1, 0.15) is 49.7 Å². The number of nitrogens with zero attached hydrogens (tertiary/aromatic N) is 1. The van der Waals surface area contributed by atoms with E-state index in [1.807, 2.05) is 6.07 Å². The molecule has 0 aromatic heterocycles. The summed E-state index contributed by atoms with van der Waals surface area (Å²) in [5.41, 5.74) is 5.39. The summed E-state index contributed by atoms with van der Waals surface area (Å²) in [7, 11) is 0. The second-order valence-electron chi connectivity index (χ2n) is 6.14. The number of halogens is 3. The molecular formula is C19H20Br2ClN. The maximum atomic E-state index is 6.30. The van der Waals surface area contributed by atoms with Gasteiger partial charge in [-0.25, -0.2) is 0 Å². The van der Waals surface area contributed by atoms with Crippen LogP contribution in [-0.4, -0.2) is 12.3 Å². The fourth-order valence-electron chi connectivity index (χ4n) is 3.50. The van der Waals surface area contributed by atoms with Crippen LogP contribution in [0.15, 0.2) is 43.8 Å². The summed E-state index contributed by atoms with van der Waals surface area (Å²) in [6.45, 7) is 3.00. The van der Waals surface area contributed by atoms with Gasteiger partial charge in [0, 0.05) is 25.6 Å². The molecule has 0 bridgehead atoms. The first-order valence-corrected chi connectivity index (χ1v) is 10.1. The van der Waals surface area contributed by atoms with Crippen LogP contribution in [0.5, 0.6) is 0 Å². The summed E-state index contributed by atoms with van der Waals surface area (Å²) in [5, 5.41) is 0.809. The Labute approximate surface area is 160 Å². The van der Waals surface area contributed by atoms with Crippen molar-refractivity contribution in [3.63, 3.8) is 0 Å². The number of unbranched alkanes of at least 4 members (excludes halogenated alkanes) is 1. The van der Waals surface area contributed by atoms with Gasteiger partial charge in [0.15, 0.2) is 0 Å². The van der Waals surface area contributed by atoms with Gasteiger partial charge in [0.25, 0.3) is 0 Å². The molecule has 1 atom stereocenters. The minimum atomic E-state index is 0.358. The highest BCUT2D eigenvalue weighted by Gasteiger charge is 2.29. The van der Waals surface area contributed by atoms with E-state index in [-0.39, 0.29) is 0 Å². The standard InChI is InChI=1S/C19H20Br2ClN/c1-2-3-4-16-18-12(10-15(22)11-17(18)21)5-6-13-9-14(20)7-8-23-19(13)16/h7,9-11,16H,2-6,8H2,1H3. The van der Waals surface area contributed by atoms with Gasteiger partial charge in [-0.3, -0.25) is 4.99 Å². The van der Waals surface area contributed by atoms with Crippen molar-refractivity contribution in [2.75, 3.05) is 6.54 Å². The first kappa shape index (κ1) is 17.4. The predicted octanol–water partition coefficient (Wildman–Crippen LogP) is 6.98. The molecule has 1 aliphatic heterocycles. The fourth-order valence-corrected chi connectivity index (χ4v) is 5.07. The van der Waals surface area contributed by atoms with E-state index >= 15 is 0 Å². The molecule has 1 aromatic rings. The molecule has 1 aromatic carbocycles. The lowest BCUT2D eigenvalue weighted by Crippen LogP contribution is -2.15. The third kappa shape index (κ3) is 3.83. The Morgan fingerprint density at radius 1 is 1.26 bits per heavy atom. The molecule has 4 heteroatoms. The van der Waals surface area contributed by atoms with Crippen molar-refractivity contribution in [2.45, 2.75) is 44.9 Å². The van der Waals surface area contributed by atoms with Gasteiger partial charge < -0.3 is 0 Å². The maximum absolute atomic E-state index is 6.30. The summed E-state index contributed by atoms with van der Waals surface area (Å²) in [5.74, 6) is 0.358. The van der Waals surface area contributed by atoms with Crippen LogP contribution in [0.3, 0.4) is 0 Å². The molecule has 23 heavy (non-hydrogen) atoms. The zero-order chi connectivity index (χ0) is 16.4. The van der Waals surface area contributed by atoms with E-state index in [2.05, 4.69) is 57.0 Å². The van der Waals surface area contributed by atoms with Gasteiger partial charge in [-0.2, -0.15) is 0 Å². The highest BCUT2D eigenvalue weighted by atomic mass is 79.9. The van der Waals surface area contributed by atoms with Crippen LogP contribution in [0, 0.1) is 0 Å². The van der Waals surface area contributed by atoms with Crippen molar-refractivity contribution in [2.24, 2.45) is 4.99 Å². The monoisotopic (exact) mass is 455 g/mol. The molecular weight excluding hydrogens is 437 g/mol. The molecule has 1 aliphatic carbocycles. The molecule has 1 nitrogen and oxygen atoms in total. The van der Waals surface area contributed by atoms with Gasteiger partial charge in [-0.15, -0.1) is 0 Å². The average molecular weight is 458 g/mol. The minimum absolute atomic E-state index is 0.358. The molecule has 0 saturated carbocycles. The summed E-state index contributed by atoms with van der Waals surface area (Å²) in [6, 6.07) is 4.16. The van der Waals surface area contributed by atoms with Crippen molar-refractivity contribution in [1.82, 2.24) is 0 Å². The smallest absolute Gasteiger partial charge is 0.0587 e. The van der Waals surface area contributed by atoms with E-state index in [9.17, 15) is 0 Å². The van der Waals surface area contributed by atoms with Crippen molar-refractivity contribution in [3.05, 3.63) is 55.0 Å². The van der Waals surface area contributed by atoms with Crippen molar-refractivity contribution in [1.29, 1.82) is 0 Å². The third-order valence-corrected chi connectivity index (χ3v) is 5.98. The number of aryl methyl sites for hydroxylation is 1. The number of hydrogen-bond acceptors (Lipinski definition) is 1. The molecule has 0 saturated heterocycles. The van der Waals surface area contributed by atoms with Crippen molar-refractivity contribution < 1.29 is 0 Å². The van der Waals surface area contributed by atoms with E-state index < -0.39 is 0 Å². The highest BCUT2D eigenvalue weighted by molar-refractivity contribution is 9.12. The van der Waals surface area contributed by atoms with Gasteiger partial charge >= 0.3 is 0 Å². The molecule has 0 amide bonds. The Balaban J connectivity index is 2.13. The summed E-state index contributed by atoms with van der Waals surface area (Å²) >= 11 is 13.7. The second kappa shape index (κ2) is 7.67. The molecule has 0 fully saturated rings. The molecule has 1 heterocycles.